The summed E-state index contributed by atoms with van der Waals surface area (Å²) in [6.45, 7) is 2.14. The van der Waals surface area contributed by atoms with Gasteiger partial charge in [0.25, 0.3) is 0 Å². The second-order valence-electron chi connectivity index (χ2n) is 8.09. The van der Waals surface area contributed by atoms with E-state index in [0.717, 1.165) is 48.3 Å². The standard InChI is InChI=1S/C26H30N2O2/c1-4-26(27,21-11-13-28-14-12-21)25-17-23(30-3)9-10-24(25)20-6-5-19-16-22(29-2)8-7-18(19)15-20/h7-14,16-17,20H,4-6,15,27H2,1-3H3. The number of pyridine rings is 1. The van der Waals surface area contributed by atoms with Crippen LogP contribution in [0.4, 0.5) is 0 Å². The fourth-order valence-electron chi connectivity index (χ4n) is 4.73. The topological polar surface area (TPSA) is 57.4 Å². The second kappa shape index (κ2) is 8.49. The fourth-order valence-corrected chi connectivity index (χ4v) is 4.73. The van der Waals surface area contributed by atoms with Crippen molar-refractivity contribution in [2.24, 2.45) is 5.73 Å². The van der Waals surface area contributed by atoms with E-state index >= 15 is 0 Å². The van der Waals surface area contributed by atoms with Gasteiger partial charge in [-0.15, -0.1) is 0 Å². The molecule has 2 atom stereocenters. The molecule has 1 aliphatic rings. The number of hydrogen-bond acceptors (Lipinski definition) is 4. The minimum absolute atomic E-state index is 0.420. The third-order valence-electron chi connectivity index (χ3n) is 6.58. The molecular formula is C26H30N2O2. The maximum Gasteiger partial charge on any atom is 0.119 e. The van der Waals surface area contributed by atoms with Crippen molar-refractivity contribution >= 4 is 0 Å². The third kappa shape index (κ3) is 3.68. The Morgan fingerprint density at radius 1 is 0.967 bits per heavy atom. The van der Waals surface area contributed by atoms with Crippen molar-refractivity contribution < 1.29 is 9.47 Å². The summed E-state index contributed by atoms with van der Waals surface area (Å²) in [7, 11) is 3.43. The largest absolute Gasteiger partial charge is 0.497 e. The average Bonchev–Trinajstić information content (AvgIpc) is 2.83. The van der Waals surface area contributed by atoms with Crippen LogP contribution >= 0.6 is 0 Å². The molecule has 1 heterocycles. The number of aromatic nitrogens is 1. The molecule has 2 aromatic carbocycles. The molecule has 0 bridgehead atoms. The van der Waals surface area contributed by atoms with Crippen LogP contribution in [-0.2, 0) is 18.4 Å². The molecule has 4 heteroatoms. The number of aryl methyl sites for hydroxylation is 1. The number of rotatable bonds is 6. The van der Waals surface area contributed by atoms with E-state index in [0.29, 0.717) is 5.92 Å². The number of hydrogen-bond donors (Lipinski definition) is 1. The zero-order valence-electron chi connectivity index (χ0n) is 18.0. The van der Waals surface area contributed by atoms with E-state index in [1.54, 1.807) is 14.2 Å². The van der Waals surface area contributed by atoms with E-state index < -0.39 is 5.54 Å². The third-order valence-corrected chi connectivity index (χ3v) is 6.58. The van der Waals surface area contributed by atoms with Crippen molar-refractivity contribution in [2.45, 2.75) is 44.1 Å². The second-order valence-corrected chi connectivity index (χ2v) is 8.09. The van der Waals surface area contributed by atoms with E-state index in [1.165, 1.54) is 16.7 Å². The highest BCUT2D eigenvalue weighted by Crippen LogP contribution is 2.42. The van der Waals surface area contributed by atoms with Gasteiger partial charge >= 0.3 is 0 Å². The van der Waals surface area contributed by atoms with Gasteiger partial charge in [0.05, 0.1) is 19.8 Å². The SMILES string of the molecule is CCC(N)(c1ccncc1)c1cc(OC)ccc1C1CCc2cc(OC)ccc2C1. The molecule has 1 aliphatic carbocycles. The Morgan fingerprint density at radius 3 is 2.37 bits per heavy atom. The van der Waals surface area contributed by atoms with Gasteiger partial charge in [0, 0.05) is 12.4 Å². The number of ether oxygens (including phenoxy) is 2. The monoisotopic (exact) mass is 402 g/mol. The molecule has 0 amide bonds. The predicted octanol–water partition coefficient (Wildman–Crippen LogP) is 4.98. The summed E-state index contributed by atoms with van der Waals surface area (Å²) in [6.07, 6.45) is 7.57. The molecule has 0 radical (unpaired) electrons. The molecule has 3 aromatic rings. The quantitative estimate of drug-likeness (QED) is 0.631. The molecule has 4 rings (SSSR count). The highest BCUT2D eigenvalue weighted by Gasteiger charge is 2.33. The molecule has 0 saturated carbocycles. The Kier molecular flexibility index (Phi) is 5.78. The lowest BCUT2D eigenvalue weighted by Gasteiger charge is -2.35. The Labute approximate surface area is 179 Å². The molecule has 1 aromatic heterocycles. The molecule has 2 N–H and O–H groups in total. The first-order chi connectivity index (χ1) is 14.6. The summed E-state index contributed by atoms with van der Waals surface area (Å²) >= 11 is 0. The van der Waals surface area contributed by atoms with Crippen molar-refractivity contribution in [2.75, 3.05) is 14.2 Å². The highest BCUT2D eigenvalue weighted by atomic mass is 16.5. The number of nitrogens with two attached hydrogens (primary N) is 1. The Hall–Kier alpha value is -2.85. The molecule has 4 nitrogen and oxygen atoms in total. The fraction of sp³-hybridized carbons (Fsp3) is 0.346. The van der Waals surface area contributed by atoms with E-state index in [4.69, 9.17) is 15.2 Å². The van der Waals surface area contributed by atoms with Crippen LogP contribution in [0.3, 0.4) is 0 Å². The predicted molar refractivity (Wildman–Crippen MR) is 120 cm³/mol. The van der Waals surface area contributed by atoms with Gasteiger partial charge in [-0.05, 0) is 95.8 Å². The lowest BCUT2D eigenvalue weighted by molar-refractivity contribution is 0.409. The van der Waals surface area contributed by atoms with Gasteiger partial charge in [-0.3, -0.25) is 4.98 Å². The summed E-state index contributed by atoms with van der Waals surface area (Å²) in [6, 6.07) is 16.9. The summed E-state index contributed by atoms with van der Waals surface area (Å²) in [4.78, 5) is 4.18. The van der Waals surface area contributed by atoms with E-state index in [-0.39, 0.29) is 0 Å². The summed E-state index contributed by atoms with van der Waals surface area (Å²) in [5.41, 5.74) is 12.9. The molecule has 2 unspecified atom stereocenters. The number of nitrogens with zero attached hydrogens (tertiary/aromatic N) is 1. The van der Waals surface area contributed by atoms with Crippen molar-refractivity contribution in [3.8, 4) is 11.5 Å². The van der Waals surface area contributed by atoms with Gasteiger partial charge in [0.2, 0.25) is 0 Å². The average molecular weight is 403 g/mol. The molecule has 0 spiro atoms. The van der Waals surface area contributed by atoms with Gasteiger partial charge in [-0.25, -0.2) is 0 Å². The molecule has 0 fully saturated rings. The van der Waals surface area contributed by atoms with Gasteiger partial charge < -0.3 is 15.2 Å². The zero-order chi connectivity index (χ0) is 21.1. The van der Waals surface area contributed by atoms with Crippen molar-refractivity contribution in [3.63, 3.8) is 0 Å². The van der Waals surface area contributed by atoms with Crippen LogP contribution in [0, 0.1) is 0 Å². The maximum atomic E-state index is 7.10. The summed E-state index contributed by atoms with van der Waals surface area (Å²) in [5, 5.41) is 0. The van der Waals surface area contributed by atoms with Gasteiger partial charge in [0.15, 0.2) is 0 Å². The van der Waals surface area contributed by atoms with Crippen molar-refractivity contribution in [3.05, 3.63) is 88.7 Å². The zero-order valence-corrected chi connectivity index (χ0v) is 18.0. The Balaban J connectivity index is 1.77. The van der Waals surface area contributed by atoms with Crippen LogP contribution in [0.15, 0.2) is 60.9 Å². The summed E-state index contributed by atoms with van der Waals surface area (Å²) in [5.74, 6) is 2.19. The minimum Gasteiger partial charge on any atom is -0.497 e. The first kappa shape index (κ1) is 20.4. The minimum atomic E-state index is -0.590. The van der Waals surface area contributed by atoms with Crippen molar-refractivity contribution in [1.82, 2.24) is 4.98 Å². The first-order valence-corrected chi connectivity index (χ1v) is 10.6. The molecular weight excluding hydrogens is 372 g/mol. The molecule has 0 saturated heterocycles. The van der Waals surface area contributed by atoms with E-state index in [2.05, 4.69) is 48.3 Å². The normalized spacial score (nSPS) is 17.7. The number of fused-ring (bicyclic) bond motifs is 1. The smallest absolute Gasteiger partial charge is 0.119 e. The van der Waals surface area contributed by atoms with Crippen LogP contribution in [-0.4, -0.2) is 19.2 Å². The molecule has 0 aliphatic heterocycles. The number of benzene rings is 2. The lowest BCUT2D eigenvalue weighted by atomic mass is 9.73. The van der Waals surface area contributed by atoms with Gasteiger partial charge in [0.1, 0.15) is 11.5 Å². The maximum absolute atomic E-state index is 7.10. The Bertz CT molecular complexity index is 1020. The van der Waals surface area contributed by atoms with Crippen molar-refractivity contribution in [1.29, 1.82) is 0 Å². The van der Waals surface area contributed by atoms with E-state index in [1.807, 2.05) is 24.5 Å². The Morgan fingerprint density at radius 2 is 1.67 bits per heavy atom. The molecule has 30 heavy (non-hydrogen) atoms. The summed E-state index contributed by atoms with van der Waals surface area (Å²) < 4.78 is 11.0. The first-order valence-electron chi connectivity index (χ1n) is 10.6. The van der Waals surface area contributed by atoms with Gasteiger partial charge in [-0.1, -0.05) is 19.1 Å². The van der Waals surface area contributed by atoms with Crippen LogP contribution < -0.4 is 15.2 Å². The van der Waals surface area contributed by atoms with Gasteiger partial charge in [-0.2, -0.15) is 0 Å². The highest BCUT2D eigenvalue weighted by molar-refractivity contribution is 5.49. The van der Waals surface area contributed by atoms with Crippen LogP contribution in [0.1, 0.15) is 53.5 Å². The molecule has 156 valence electrons. The van der Waals surface area contributed by atoms with Crippen LogP contribution in [0.5, 0.6) is 11.5 Å². The lowest BCUT2D eigenvalue weighted by Crippen LogP contribution is -2.39. The number of methoxy groups -OCH3 is 2. The van der Waals surface area contributed by atoms with E-state index in [9.17, 15) is 0 Å². The van der Waals surface area contributed by atoms with Crippen LogP contribution in [0.2, 0.25) is 0 Å². The van der Waals surface area contributed by atoms with Crippen LogP contribution in [0.25, 0.3) is 0 Å².